The molecule has 6 heteroatoms. The number of hydrogen-bond donors (Lipinski definition) is 1. The minimum absolute atomic E-state index is 0.0941. The Bertz CT molecular complexity index is 839. The number of carboxylic acids is 1. The number of carbonyl (C=O) groups is 2. The first kappa shape index (κ1) is 14.5. The second-order valence-electron chi connectivity index (χ2n) is 6.38. The lowest BCUT2D eigenvalue weighted by molar-refractivity contribution is -0.139. The second-order valence-corrected chi connectivity index (χ2v) is 6.82. The molecule has 1 aromatic heterocycles. The van der Waals surface area contributed by atoms with Crippen molar-refractivity contribution in [3.05, 3.63) is 40.5 Å². The number of benzene rings is 1. The van der Waals surface area contributed by atoms with Gasteiger partial charge in [0.25, 0.3) is 5.91 Å². The molecule has 1 aliphatic carbocycles. The van der Waals surface area contributed by atoms with E-state index in [4.69, 9.17) is 16.7 Å². The SMILES string of the molecule is Cc1ccc2cc(Cl)cc(C(=O)N3C[C@@H]4C(C(=O)O)[C@@H]4C3)c2n1. The molecule has 2 heterocycles. The third kappa shape index (κ3) is 2.27. The molecule has 5 nitrogen and oxygen atoms in total. The number of carboxylic acid groups (broad SMARTS) is 1. The highest BCUT2D eigenvalue weighted by Crippen LogP contribution is 2.52. The molecular weight excluding hydrogens is 316 g/mol. The van der Waals surface area contributed by atoms with Gasteiger partial charge in [-0.3, -0.25) is 14.6 Å². The topological polar surface area (TPSA) is 70.5 Å². The van der Waals surface area contributed by atoms with Crippen LogP contribution in [0.3, 0.4) is 0 Å². The van der Waals surface area contributed by atoms with Crippen molar-refractivity contribution in [2.75, 3.05) is 13.1 Å². The maximum absolute atomic E-state index is 12.8. The summed E-state index contributed by atoms with van der Waals surface area (Å²) in [6.45, 7) is 2.88. The molecule has 2 aliphatic rings. The maximum atomic E-state index is 12.8. The number of halogens is 1. The Morgan fingerprint density at radius 3 is 2.61 bits per heavy atom. The lowest BCUT2D eigenvalue weighted by atomic mass is 10.1. The van der Waals surface area contributed by atoms with Gasteiger partial charge in [0.2, 0.25) is 0 Å². The first-order valence-corrected chi connectivity index (χ1v) is 7.92. The Morgan fingerprint density at radius 2 is 1.96 bits per heavy atom. The van der Waals surface area contributed by atoms with Crippen LogP contribution in [-0.4, -0.2) is 40.0 Å². The maximum Gasteiger partial charge on any atom is 0.307 e. The first-order valence-electron chi connectivity index (χ1n) is 7.54. The predicted molar refractivity (Wildman–Crippen MR) is 85.5 cm³/mol. The van der Waals surface area contributed by atoms with Crippen molar-refractivity contribution in [1.29, 1.82) is 0 Å². The monoisotopic (exact) mass is 330 g/mol. The van der Waals surface area contributed by atoms with Crippen LogP contribution in [0.15, 0.2) is 24.3 Å². The van der Waals surface area contributed by atoms with Crippen LogP contribution in [0, 0.1) is 24.7 Å². The summed E-state index contributed by atoms with van der Waals surface area (Å²) in [6, 6.07) is 7.23. The molecule has 23 heavy (non-hydrogen) atoms. The number of rotatable bonds is 2. The van der Waals surface area contributed by atoms with Crippen molar-refractivity contribution in [3.63, 3.8) is 0 Å². The Hall–Kier alpha value is -2.14. The molecule has 2 aromatic rings. The van der Waals surface area contributed by atoms with Gasteiger partial charge in [-0.25, -0.2) is 0 Å². The number of fused-ring (bicyclic) bond motifs is 2. The van der Waals surface area contributed by atoms with Gasteiger partial charge in [-0.2, -0.15) is 0 Å². The van der Waals surface area contributed by atoms with Crippen molar-refractivity contribution in [2.24, 2.45) is 17.8 Å². The molecule has 0 radical (unpaired) electrons. The third-order valence-corrected chi connectivity index (χ3v) is 5.11. The van der Waals surface area contributed by atoms with Gasteiger partial charge in [-0.05, 0) is 37.0 Å². The quantitative estimate of drug-likeness (QED) is 0.918. The predicted octanol–water partition coefficient (Wildman–Crippen LogP) is 2.60. The van der Waals surface area contributed by atoms with Gasteiger partial charge in [-0.15, -0.1) is 0 Å². The summed E-state index contributed by atoms with van der Waals surface area (Å²) in [4.78, 5) is 30.1. The lowest BCUT2D eigenvalue weighted by Crippen LogP contribution is -2.32. The van der Waals surface area contributed by atoms with Crippen molar-refractivity contribution in [3.8, 4) is 0 Å². The summed E-state index contributed by atoms with van der Waals surface area (Å²) in [5.74, 6) is -0.965. The molecule has 118 valence electrons. The summed E-state index contributed by atoms with van der Waals surface area (Å²) >= 11 is 6.14. The molecule has 2 fully saturated rings. The summed E-state index contributed by atoms with van der Waals surface area (Å²) in [6.07, 6.45) is 0. The summed E-state index contributed by atoms with van der Waals surface area (Å²) < 4.78 is 0. The van der Waals surface area contributed by atoms with Crippen molar-refractivity contribution < 1.29 is 14.7 Å². The highest BCUT2D eigenvalue weighted by Gasteiger charge is 2.60. The average molecular weight is 331 g/mol. The molecule has 1 amide bonds. The minimum atomic E-state index is -0.752. The number of hydrogen-bond acceptors (Lipinski definition) is 3. The van der Waals surface area contributed by atoms with Gasteiger partial charge >= 0.3 is 5.97 Å². The molecular formula is C17H15ClN2O3. The van der Waals surface area contributed by atoms with Crippen LogP contribution >= 0.6 is 11.6 Å². The zero-order chi connectivity index (χ0) is 16.3. The molecule has 1 N–H and O–H groups in total. The Balaban J connectivity index is 1.66. The van der Waals surface area contributed by atoms with E-state index in [-0.39, 0.29) is 23.7 Å². The van der Waals surface area contributed by atoms with Crippen LogP contribution in [0.5, 0.6) is 0 Å². The van der Waals surface area contributed by atoms with E-state index < -0.39 is 5.97 Å². The number of carbonyl (C=O) groups excluding carboxylic acids is 1. The number of amides is 1. The molecule has 1 saturated heterocycles. The van der Waals surface area contributed by atoms with Gasteiger partial charge < -0.3 is 10.0 Å². The van der Waals surface area contributed by atoms with E-state index in [0.717, 1.165) is 11.1 Å². The number of aliphatic carboxylic acids is 1. The zero-order valence-electron chi connectivity index (χ0n) is 12.5. The second kappa shape index (κ2) is 4.93. The van der Waals surface area contributed by atoms with Gasteiger partial charge in [0, 0.05) is 29.2 Å². The van der Waals surface area contributed by atoms with Crippen LogP contribution in [0.4, 0.5) is 0 Å². The van der Waals surface area contributed by atoms with Gasteiger partial charge in [0.05, 0.1) is 17.0 Å². The van der Waals surface area contributed by atoms with E-state index in [2.05, 4.69) is 4.98 Å². The van der Waals surface area contributed by atoms with Crippen LogP contribution in [0.25, 0.3) is 10.9 Å². The van der Waals surface area contributed by atoms with E-state index >= 15 is 0 Å². The fraction of sp³-hybridized carbons (Fsp3) is 0.353. The zero-order valence-corrected chi connectivity index (χ0v) is 13.2. The van der Waals surface area contributed by atoms with Crippen LogP contribution in [0.2, 0.25) is 5.02 Å². The van der Waals surface area contributed by atoms with Crippen molar-refractivity contribution in [1.82, 2.24) is 9.88 Å². The van der Waals surface area contributed by atoms with E-state index in [1.807, 2.05) is 19.1 Å². The van der Waals surface area contributed by atoms with Crippen LogP contribution in [-0.2, 0) is 4.79 Å². The fourth-order valence-corrected chi connectivity index (χ4v) is 3.91. The van der Waals surface area contributed by atoms with Crippen molar-refractivity contribution in [2.45, 2.75) is 6.92 Å². The fourth-order valence-electron chi connectivity index (χ4n) is 3.69. The van der Waals surface area contributed by atoms with E-state index in [1.54, 1.807) is 17.0 Å². The average Bonchev–Trinajstić information content (AvgIpc) is 3.02. The molecule has 0 spiro atoms. The minimum Gasteiger partial charge on any atom is -0.481 e. The molecule has 1 aromatic carbocycles. The highest BCUT2D eigenvalue weighted by molar-refractivity contribution is 6.32. The van der Waals surface area contributed by atoms with Crippen molar-refractivity contribution >= 4 is 34.4 Å². The lowest BCUT2D eigenvalue weighted by Gasteiger charge is -2.20. The Labute approximate surface area is 137 Å². The van der Waals surface area contributed by atoms with Gasteiger partial charge in [-0.1, -0.05) is 17.7 Å². The first-order chi connectivity index (χ1) is 11.0. The molecule has 4 rings (SSSR count). The number of aromatic nitrogens is 1. The van der Waals surface area contributed by atoms with E-state index in [1.165, 1.54) is 0 Å². The normalized spacial score (nSPS) is 25.5. The van der Waals surface area contributed by atoms with E-state index in [9.17, 15) is 9.59 Å². The van der Waals surface area contributed by atoms with Gasteiger partial charge in [0.1, 0.15) is 0 Å². The highest BCUT2D eigenvalue weighted by atomic mass is 35.5. The summed E-state index contributed by atoms with van der Waals surface area (Å²) in [5, 5.41) is 10.4. The van der Waals surface area contributed by atoms with Gasteiger partial charge in [0.15, 0.2) is 0 Å². The summed E-state index contributed by atoms with van der Waals surface area (Å²) in [5.41, 5.74) is 1.98. The summed E-state index contributed by atoms with van der Waals surface area (Å²) in [7, 11) is 0. The molecule has 1 unspecified atom stereocenters. The smallest absolute Gasteiger partial charge is 0.307 e. The standard InChI is InChI=1S/C17H15ClN2O3/c1-8-2-3-9-4-10(18)5-11(15(9)19-8)16(21)20-6-12-13(7-20)14(12)17(22)23/h2-5,12-14H,6-7H2,1H3,(H,22,23)/t12-,13+,14?. The molecule has 0 bridgehead atoms. The van der Waals surface area contributed by atoms with Crippen LogP contribution in [0.1, 0.15) is 16.1 Å². The number of piperidine rings is 1. The number of likely N-dealkylation sites (tertiary alicyclic amines) is 1. The third-order valence-electron chi connectivity index (χ3n) is 4.89. The largest absolute Gasteiger partial charge is 0.481 e. The number of pyridine rings is 1. The van der Waals surface area contributed by atoms with Crippen LogP contribution < -0.4 is 0 Å². The molecule has 1 saturated carbocycles. The number of aryl methyl sites for hydroxylation is 1. The van der Waals surface area contributed by atoms with E-state index in [0.29, 0.717) is 29.2 Å². The molecule has 3 atom stereocenters. The Kier molecular flexibility index (Phi) is 3.10. The molecule has 1 aliphatic heterocycles. The Morgan fingerprint density at radius 1 is 1.26 bits per heavy atom. The number of nitrogens with zero attached hydrogens (tertiary/aromatic N) is 2.